The van der Waals surface area contributed by atoms with Crippen molar-refractivity contribution in [1.29, 1.82) is 0 Å². The molecule has 58 heavy (non-hydrogen) atoms. The van der Waals surface area contributed by atoms with Crippen LogP contribution in [0.5, 0.6) is 0 Å². The fourth-order valence-corrected chi connectivity index (χ4v) is 14.0. The van der Waals surface area contributed by atoms with Gasteiger partial charge < -0.3 is 14.4 Å². The van der Waals surface area contributed by atoms with E-state index in [0.717, 1.165) is 12.8 Å². The minimum Gasteiger partial charge on any atom is -0.334 e. The topological polar surface area (TPSA) is 11.4 Å². The first-order valence-electron chi connectivity index (χ1n) is 22.1. The lowest BCUT2D eigenvalue weighted by atomic mass is 9.33. The Labute approximate surface area is 343 Å². The first-order chi connectivity index (χ1) is 27.9. The fourth-order valence-electron chi connectivity index (χ4n) is 14.0. The summed E-state index contributed by atoms with van der Waals surface area (Å²) in [5.74, 6) is 0. The number of fused-ring (bicyclic) bond motifs is 15. The van der Waals surface area contributed by atoms with Crippen molar-refractivity contribution in [1.82, 2.24) is 4.57 Å². The highest BCUT2D eigenvalue weighted by molar-refractivity contribution is 7.00. The van der Waals surface area contributed by atoms with Gasteiger partial charge in [-0.25, -0.2) is 0 Å². The van der Waals surface area contributed by atoms with Crippen LogP contribution in [0.2, 0.25) is 0 Å². The van der Waals surface area contributed by atoms with E-state index in [4.69, 9.17) is 0 Å². The number of rotatable bonds is 1. The highest BCUT2D eigenvalue weighted by atomic mass is 15.3. The van der Waals surface area contributed by atoms with Crippen LogP contribution in [0, 0.1) is 0 Å². The minimum atomic E-state index is -0.267. The molecule has 1 aromatic heterocycles. The van der Waals surface area contributed by atoms with E-state index in [2.05, 4.69) is 178 Å². The molecule has 0 spiro atoms. The summed E-state index contributed by atoms with van der Waals surface area (Å²) in [6.45, 7) is 17.6. The lowest BCUT2D eigenvalue weighted by Gasteiger charge is -2.53. The molecule has 4 unspecified atom stereocenters. The van der Waals surface area contributed by atoms with Crippen molar-refractivity contribution in [3.05, 3.63) is 143 Å². The maximum absolute atomic E-state index is 2.88. The Bertz CT molecular complexity index is 3000. The smallest absolute Gasteiger partial charge is 0.252 e. The number of benzene rings is 6. The van der Waals surface area contributed by atoms with Crippen molar-refractivity contribution in [2.24, 2.45) is 0 Å². The summed E-state index contributed by atoms with van der Waals surface area (Å²) in [5.41, 5.74) is 21.2. The molecule has 6 aromatic carbocycles. The van der Waals surface area contributed by atoms with Gasteiger partial charge in [0.2, 0.25) is 0 Å². The fraction of sp³-hybridized carbons (Fsp3) is 0.333. The predicted octanol–water partition coefficient (Wildman–Crippen LogP) is 11.2. The molecule has 286 valence electrons. The van der Waals surface area contributed by atoms with Crippen LogP contribution in [-0.4, -0.2) is 16.8 Å². The second-order valence-electron chi connectivity index (χ2n) is 20.7. The lowest BCUT2D eigenvalue weighted by Crippen LogP contribution is -2.63. The summed E-state index contributed by atoms with van der Waals surface area (Å²) in [6, 6.07) is 45.8. The van der Waals surface area contributed by atoms with Crippen LogP contribution in [0.1, 0.15) is 108 Å². The molecule has 4 heteroatoms. The van der Waals surface area contributed by atoms with Crippen LogP contribution in [-0.2, 0) is 28.2 Å². The molecule has 0 radical (unpaired) electrons. The third kappa shape index (κ3) is 3.61. The van der Waals surface area contributed by atoms with Gasteiger partial charge in [-0.1, -0.05) is 138 Å². The molecule has 0 saturated heterocycles. The van der Waals surface area contributed by atoms with Crippen LogP contribution in [0.25, 0.3) is 27.5 Å². The molecule has 0 bridgehead atoms. The summed E-state index contributed by atoms with van der Waals surface area (Å²) >= 11 is 0. The summed E-state index contributed by atoms with van der Waals surface area (Å²) in [5, 5.41) is 2.69. The summed E-state index contributed by atoms with van der Waals surface area (Å²) in [6.07, 6.45) is 7.17. The van der Waals surface area contributed by atoms with Crippen LogP contribution in [0.3, 0.4) is 0 Å². The molecule has 0 amide bonds. The largest absolute Gasteiger partial charge is 0.334 e. The molecular weight excluding hydrogens is 701 g/mol. The van der Waals surface area contributed by atoms with Gasteiger partial charge in [0.1, 0.15) is 0 Å². The number of hydrogen-bond donors (Lipinski definition) is 0. The van der Waals surface area contributed by atoms with Crippen LogP contribution in [0.4, 0.5) is 22.7 Å². The number of anilines is 4. The monoisotopic (exact) mass is 753 g/mol. The predicted molar refractivity (Wildman–Crippen MR) is 245 cm³/mol. The van der Waals surface area contributed by atoms with Gasteiger partial charge in [-0.15, -0.1) is 0 Å². The second-order valence-corrected chi connectivity index (χ2v) is 20.7. The third-order valence-electron chi connectivity index (χ3n) is 17.3. The van der Waals surface area contributed by atoms with E-state index in [0.29, 0.717) is 0 Å². The highest BCUT2D eigenvalue weighted by Gasteiger charge is 2.64. The van der Waals surface area contributed by atoms with Crippen molar-refractivity contribution in [3.63, 3.8) is 0 Å². The number of para-hydroxylation sites is 3. The van der Waals surface area contributed by atoms with E-state index in [1.807, 2.05) is 0 Å². The quantitative estimate of drug-likeness (QED) is 0.155. The van der Waals surface area contributed by atoms with Gasteiger partial charge in [0.25, 0.3) is 6.71 Å². The molecule has 3 nitrogen and oxygen atoms in total. The average molecular weight is 754 g/mol. The maximum atomic E-state index is 2.88. The number of aromatic nitrogens is 1. The second kappa shape index (κ2) is 10.5. The Hall–Kier alpha value is -5.22. The highest BCUT2D eigenvalue weighted by Crippen LogP contribution is 2.66. The molecule has 1 fully saturated rings. The van der Waals surface area contributed by atoms with E-state index in [1.165, 1.54) is 115 Å². The molecule has 6 aliphatic rings. The normalized spacial score (nSPS) is 27.0. The van der Waals surface area contributed by atoms with Gasteiger partial charge in [-0.3, -0.25) is 0 Å². The maximum Gasteiger partial charge on any atom is 0.252 e. The molecule has 1 saturated carbocycles. The lowest BCUT2D eigenvalue weighted by molar-refractivity contribution is 0.194. The van der Waals surface area contributed by atoms with Crippen molar-refractivity contribution in [2.45, 2.75) is 114 Å². The van der Waals surface area contributed by atoms with Gasteiger partial charge in [0.05, 0.1) is 16.6 Å². The number of hydrogen-bond acceptors (Lipinski definition) is 2. The zero-order valence-electron chi connectivity index (χ0n) is 35.1. The molecule has 4 atom stereocenters. The Morgan fingerprint density at radius 1 is 0.586 bits per heavy atom. The molecular formula is C54H52BN3. The van der Waals surface area contributed by atoms with Gasteiger partial charge in [0.15, 0.2) is 0 Å². The molecule has 4 aliphatic heterocycles. The Morgan fingerprint density at radius 2 is 1.31 bits per heavy atom. The zero-order valence-corrected chi connectivity index (χ0v) is 35.1. The summed E-state index contributed by atoms with van der Waals surface area (Å²) in [7, 11) is 0. The first kappa shape index (κ1) is 33.7. The van der Waals surface area contributed by atoms with Gasteiger partial charge >= 0.3 is 0 Å². The van der Waals surface area contributed by atoms with Crippen LogP contribution in [0.15, 0.2) is 115 Å². The Kier molecular flexibility index (Phi) is 6.11. The zero-order chi connectivity index (χ0) is 39.3. The van der Waals surface area contributed by atoms with E-state index in [9.17, 15) is 0 Å². The molecule has 2 aliphatic carbocycles. The Morgan fingerprint density at radius 3 is 2.17 bits per heavy atom. The van der Waals surface area contributed by atoms with E-state index < -0.39 is 0 Å². The SMILES string of the molecule is CC(C)(C)c1ccc2c(c1)C1(C)CCCCC1(C)N2c1cc2c3c(c1)-n1c4ccccc4c4cccc(c41)B3c1cccc3c1N2C1(C)c2ccccc2CCC31C. The van der Waals surface area contributed by atoms with Crippen molar-refractivity contribution >= 4 is 67.7 Å². The van der Waals surface area contributed by atoms with Crippen LogP contribution < -0.4 is 26.2 Å². The van der Waals surface area contributed by atoms with Gasteiger partial charge in [0, 0.05) is 55.6 Å². The minimum absolute atomic E-state index is 0.0395. The molecule has 13 rings (SSSR count). The third-order valence-corrected chi connectivity index (χ3v) is 17.3. The molecule has 0 N–H and O–H groups in total. The number of nitrogens with zero attached hydrogens (tertiary/aromatic N) is 3. The van der Waals surface area contributed by atoms with Crippen LogP contribution >= 0.6 is 0 Å². The van der Waals surface area contributed by atoms with Gasteiger partial charge in [-0.05, 0) is 113 Å². The van der Waals surface area contributed by atoms with E-state index in [1.54, 1.807) is 5.56 Å². The Balaban J connectivity index is 1.19. The van der Waals surface area contributed by atoms with Crippen molar-refractivity contribution in [2.75, 3.05) is 9.80 Å². The van der Waals surface area contributed by atoms with Crippen molar-refractivity contribution in [3.8, 4) is 5.69 Å². The summed E-state index contributed by atoms with van der Waals surface area (Å²) < 4.78 is 2.67. The van der Waals surface area contributed by atoms with Gasteiger partial charge in [-0.2, -0.15) is 0 Å². The summed E-state index contributed by atoms with van der Waals surface area (Å²) in [4.78, 5) is 5.73. The average Bonchev–Trinajstić information content (AvgIpc) is 3.75. The molecule has 5 heterocycles. The van der Waals surface area contributed by atoms with E-state index in [-0.39, 0.29) is 34.0 Å². The molecule has 7 aromatic rings. The van der Waals surface area contributed by atoms with E-state index >= 15 is 0 Å². The number of aryl methyl sites for hydroxylation is 1. The standard InChI is InChI=1S/C54H52BN3/c1-50(2,3)34-24-25-44-40(30-34)51(4)27-12-13-28-53(51,6)57(44)35-31-45-47-46(32-35)58-49-39(52(5)29-26-33-16-8-10-19-38(33)54(52,58)7)20-15-22-42(49)55(47)41-21-14-18-37-36-17-9-11-23-43(36)56(45)48(37)41/h8-11,14-25,30-32H,12-13,26-29H2,1-7H3. The van der Waals surface area contributed by atoms with Crippen molar-refractivity contribution < 1.29 is 0 Å². The first-order valence-corrected chi connectivity index (χ1v) is 22.1.